The molecule has 1 atom stereocenters. The Kier molecular flexibility index (Phi) is 6.46. The van der Waals surface area contributed by atoms with E-state index in [0.29, 0.717) is 5.56 Å². The summed E-state index contributed by atoms with van der Waals surface area (Å²) in [6, 6.07) is 4.14. The van der Waals surface area contributed by atoms with Gasteiger partial charge in [-0.2, -0.15) is 13.2 Å². The van der Waals surface area contributed by atoms with Gasteiger partial charge in [0.1, 0.15) is 5.82 Å². The SMILES string of the molecule is CC(CCN1CCN(C)CC1)Nc1cc(C(F)(F)F)nc(-c2ccncc2)n1. The Hall–Kier alpha value is -2.26. The number of hydrogen-bond acceptors (Lipinski definition) is 6. The lowest BCUT2D eigenvalue weighted by atomic mass is 10.2. The highest BCUT2D eigenvalue weighted by Gasteiger charge is 2.34. The normalized spacial score (nSPS) is 17.5. The van der Waals surface area contributed by atoms with Crippen molar-refractivity contribution in [3.63, 3.8) is 0 Å². The molecule has 0 aromatic carbocycles. The van der Waals surface area contributed by atoms with Gasteiger partial charge < -0.3 is 15.1 Å². The minimum atomic E-state index is -4.54. The summed E-state index contributed by atoms with van der Waals surface area (Å²) < 4.78 is 39.8. The Morgan fingerprint density at radius 2 is 1.79 bits per heavy atom. The zero-order valence-corrected chi connectivity index (χ0v) is 16.1. The zero-order valence-electron chi connectivity index (χ0n) is 16.1. The van der Waals surface area contributed by atoms with Crippen molar-refractivity contribution < 1.29 is 13.2 Å². The molecular weight excluding hydrogens is 369 g/mol. The van der Waals surface area contributed by atoms with Crippen LogP contribution in [0.2, 0.25) is 0 Å². The van der Waals surface area contributed by atoms with Gasteiger partial charge in [0.2, 0.25) is 0 Å². The number of piperazine rings is 1. The van der Waals surface area contributed by atoms with Gasteiger partial charge in [-0.15, -0.1) is 0 Å². The lowest BCUT2D eigenvalue weighted by molar-refractivity contribution is -0.141. The van der Waals surface area contributed by atoms with Crippen LogP contribution in [0.1, 0.15) is 19.0 Å². The van der Waals surface area contributed by atoms with Crippen molar-refractivity contribution in [2.24, 2.45) is 0 Å². The molecule has 1 N–H and O–H groups in total. The molecule has 0 radical (unpaired) electrons. The minimum Gasteiger partial charge on any atom is -0.367 e. The number of rotatable bonds is 6. The van der Waals surface area contributed by atoms with Crippen molar-refractivity contribution in [1.82, 2.24) is 24.8 Å². The maximum atomic E-state index is 13.3. The second-order valence-corrected chi connectivity index (χ2v) is 7.17. The summed E-state index contributed by atoms with van der Waals surface area (Å²) in [6.07, 6.45) is -0.709. The first-order chi connectivity index (χ1) is 13.3. The Morgan fingerprint density at radius 1 is 1.11 bits per heavy atom. The van der Waals surface area contributed by atoms with E-state index in [1.165, 1.54) is 12.4 Å². The highest BCUT2D eigenvalue weighted by atomic mass is 19.4. The lowest BCUT2D eigenvalue weighted by Gasteiger charge is -2.33. The second kappa shape index (κ2) is 8.83. The smallest absolute Gasteiger partial charge is 0.367 e. The number of pyridine rings is 1. The Morgan fingerprint density at radius 3 is 2.43 bits per heavy atom. The van der Waals surface area contributed by atoms with Crippen molar-refractivity contribution >= 4 is 5.82 Å². The first-order valence-electron chi connectivity index (χ1n) is 9.35. The molecule has 0 aliphatic carbocycles. The molecule has 9 heteroatoms. The van der Waals surface area contributed by atoms with Crippen LogP contribution in [0.4, 0.5) is 19.0 Å². The lowest BCUT2D eigenvalue weighted by Crippen LogP contribution is -2.45. The van der Waals surface area contributed by atoms with E-state index in [-0.39, 0.29) is 17.7 Å². The van der Waals surface area contributed by atoms with Crippen molar-refractivity contribution in [3.05, 3.63) is 36.3 Å². The first-order valence-corrected chi connectivity index (χ1v) is 9.35. The molecule has 6 nitrogen and oxygen atoms in total. The number of halogens is 3. The van der Waals surface area contributed by atoms with Crippen LogP contribution < -0.4 is 5.32 Å². The van der Waals surface area contributed by atoms with E-state index in [4.69, 9.17) is 0 Å². The number of aromatic nitrogens is 3. The molecule has 1 unspecified atom stereocenters. The number of nitrogens with zero attached hydrogens (tertiary/aromatic N) is 5. The average Bonchev–Trinajstić information content (AvgIpc) is 2.67. The standard InChI is InChI=1S/C19H25F3N6/c1-14(5-8-28-11-9-27(2)10-12-28)24-17-13-16(19(20,21)22)25-18(26-17)15-3-6-23-7-4-15/h3-4,6-7,13-14H,5,8-12H2,1-2H3,(H,24,25,26). The summed E-state index contributed by atoms with van der Waals surface area (Å²) in [7, 11) is 2.11. The van der Waals surface area contributed by atoms with E-state index < -0.39 is 11.9 Å². The van der Waals surface area contributed by atoms with E-state index in [9.17, 15) is 13.2 Å². The molecule has 1 aliphatic rings. The van der Waals surface area contributed by atoms with Gasteiger partial charge in [0, 0.05) is 62.8 Å². The molecule has 1 fully saturated rings. The van der Waals surface area contributed by atoms with Crippen LogP contribution in [0.5, 0.6) is 0 Å². The zero-order chi connectivity index (χ0) is 20.1. The number of nitrogens with one attached hydrogen (secondary N) is 1. The van der Waals surface area contributed by atoms with E-state index in [0.717, 1.165) is 45.2 Å². The van der Waals surface area contributed by atoms with Gasteiger partial charge in [0.25, 0.3) is 0 Å². The molecule has 0 saturated carbocycles. The molecule has 1 aliphatic heterocycles. The summed E-state index contributed by atoms with van der Waals surface area (Å²) >= 11 is 0. The van der Waals surface area contributed by atoms with Crippen LogP contribution in [0.3, 0.4) is 0 Å². The van der Waals surface area contributed by atoms with Crippen LogP contribution >= 0.6 is 0 Å². The molecular formula is C19H25F3N6. The molecule has 0 spiro atoms. The van der Waals surface area contributed by atoms with E-state index in [2.05, 4.69) is 37.1 Å². The van der Waals surface area contributed by atoms with Crippen LogP contribution in [-0.2, 0) is 6.18 Å². The molecule has 0 amide bonds. The molecule has 2 aromatic heterocycles. The van der Waals surface area contributed by atoms with Gasteiger partial charge in [0.05, 0.1) is 0 Å². The number of alkyl halides is 3. The monoisotopic (exact) mass is 394 g/mol. The second-order valence-electron chi connectivity index (χ2n) is 7.17. The quantitative estimate of drug-likeness (QED) is 0.813. The third kappa shape index (κ3) is 5.62. The topological polar surface area (TPSA) is 57.2 Å². The predicted octanol–water partition coefficient (Wildman–Crippen LogP) is 3.00. The average molecular weight is 394 g/mol. The summed E-state index contributed by atoms with van der Waals surface area (Å²) in [5.74, 6) is 0.214. The van der Waals surface area contributed by atoms with Crippen molar-refractivity contribution in [1.29, 1.82) is 0 Å². The summed E-state index contributed by atoms with van der Waals surface area (Å²) in [5, 5.41) is 3.11. The van der Waals surface area contributed by atoms with Crippen LogP contribution in [-0.4, -0.2) is 70.6 Å². The van der Waals surface area contributed by atoms with Gasteiger partial charge >= 0.3 is 6.18 Å². The highest BCUT2D eigenvalue weighted by Crippen LogP contribution is 2.30. The molecule has 0 bridgehead atoms. The van der Waals surface area contributed by atoms with E-state index in [1.54, 1.807) is 12.1 Å². The van der Waals surface area contributed by atoms with Gasteiger partial charge in [0.15, 0.2) is 11.5 Å². The fourth-order valence-electron chi connectivity index (χ4n) is 3.07. The Balaban J connectivity index is 1.70. The molecule has 3 heterocycles. The maximum Gasteiger partial charge on any atom is 0.433 e. The van der Waals surface area contributed by atoms with Crippen LogP contribution in [0, 0.1) is 0 Å². The largest absolute Gasteiger partial charge is 0.433 e. The number of anilines is 1. The molecule has 1 saturated heterocycles. The fourth-order valence-corrected chi connectivity index (χ4v) is 3.07. The maximum absolute atomic E-state index is 13.3. The summed E-state index contributed by atoms with van der Waals surface area (Å²) in [6.45, 7) is 6.96. The van der Waals surface area contributed by atoms with Gasteiger partial charge in [-0.25, -0.2) is 9.97 Å². The molecule has 2 aromatic rings. The van der Waals surface area contributed by atoms with Crippen LogP contribution in [0.25, 0.3) is 11.4 Å². The summed E-state index contributed by atoms with van der Waals surface area (Å²) in [4.78, 5) is 16.5. The van der Waals surface area contributed by atoms with E-state index >= 15 is 0 Å². The van der Waals surface area contributed by atoms with Gasteiger partial charge in [-0.3, -0.25) is 4.98 Å². The number of likely N-dealkylation sites (N-methyl/N-ethyl adjacent to an activating group) is 1. The van der Waals surface area contributed by atoms with Crippen molar-refractivity contribution in [2.45, 2.75) is 25.6 Å². The van der Waals surface area contributed by atoms with E-state index in [1.807, 2.05) is 6.92 Å². The molecule has 3 rings (SSSR count). The van der Waals surface area contributed by atoms with Gasteiger partial charge in [-0.1, -0.05) is 0 Å². The van der Waals surface area contributed by atoms with Crippen molar-refractivity contribution in [2.75, 3.05) is 45.1 Å². The molecule has 28 heavy (non-hydrogen) atoms. The van der Waals surface area contributed by atoms with Crippen molar-refractivity contribution in [3.8, 4) is 11.4 Å². The molecule has 152 valence electrons. The highest BCUT2D eigenvalue weighted by molar-refractivity contribution is 5.57. The Bertz CT molecular complexity index is 760. The third-order valence-electron chi connectivity index (χ3n) is 4.82. The van der Waals surface area contributed by atoms with Gasteiger partial charge in [-0.05, 0) is 32.5 Å². The third-order valence-corrected chi connectivity index (χ3v) is 4.82. The minimum absolute atomic E-state index is 0.0130. The fraction of sp³-hybridized carbons (Fsp3) is 0.526. The number of hydrogen-bond donors (Lipinski definition) is 1. The van der Waals surface area contributed by atoms with Crippen LogP contribution in [0.15, 0.2) is 30.6 Å². The predicted molar refractivity (Wildman–Crippen MR) is 102 cm³/mol. The first kappa shape index (κ1) is 20.5. The Labute approximate surface area is 162 Å². The summed E-state index contributed by atoms with van der Waals surface area (Å²) in [5.41, 5.74) is -0.461.